The molecule has 0 spiro atoms. The first-order chi connectivity index (χ1) is 28.8. The normalized spacial score (nSPS) is 11.4. The predicted molar refractivity (Wildman–Crippen MR) is 246 cm³/mol. The number of carbonyl (C=O) groups excluding carboxylic acids is 1. The molecule has 0 aliphatic carbocycles. The molecule has 0 N–H and O–H groups in total. The number of rotatable bonds is 10. The van der Waals surface area contributed by atoms with Crippen LogP contribution in [0.4, 0.5) is 34.1 Å². The second-order valence-electron chi connectivity index (χ2n) is 15.6. The minimum Gasteiger partial charge on any atom is -0.311 e. The lowest BCUT2D eigenvalue weighted by Crippen LogP contribution is -2.12. The fourth-order valence-electron chi connectivity index (χ4n) is 7.59. The Hall–Kier alpha value is -7.15. The molecular formula is C53H42N4OS. The van der Waals surface area contributed by atoms with Crippen molar-refractivity contribution in [2.45, 2.75) is 26.2 Å². The van der Waals surface area contributed by atoms with Crippen LogP contribution in [-0.4, -0.2) is 14.5 Å². The van der Waals surface area contributed by atoms with Crippen LogP contribution in [0.1, 0.15) is 42.3 Å². The number of fused-ring (bicyclic) bond motifs is 1. The van der Waals surface area contributed by atoms with Crippen LogP contribution < -0.4 is 9.80 Å². The van der Waals surface area contributed by atoms with Gasteiger partial charge in [-0.05, 0) is 107 Å². The second-order valence-corrected chi connectivity index (χ2v) is 16.1. The first kappa shape index (κ1) is 37.4. The van der Waals surface area contributed by atoms with Crippen molar-refractivity contribution in [2.75, 3.05) is 9.80 Å². The van der Waals surface area contributed by atoms with Crippen LogP contribution in [0.2, 0.25) is 0 Å². The minimum absolute atomic E-state index is 0.0104. The summed E-state index contributed by atoms with van der Waals surface area (Å²) in [5.74, 6) is 0.0104. The Bertz CT molecular complexity index is 2790. The molecule has 0 aliphatic rings. The molecule has 9 rings (SSSR count). The Morgan fingerprint density at radius 1 is 0.407 bits per heavy atom. The second kappa shape index (κ2) is 16.0. The van der Waals surface area contributed by atoms with Gasteiger partial charge in [0.05, 0.1) is 11.7 Å². The van der Waals surface area contributed by atoms with E-state index in [0.717, 1.165) is 67.4 Å². The van der Waals surface area contributed by atoms with Crippen molar-refractivity contribution in [2.24, 2.45) is 0 Å². The lowest BCUT2D eigenvalue weighted by atomic mass is 9.86. The Morgan fingerprint density at radius 3 is 1.08 bits per heavy atom. The van der Waals surface area contributed by atoms with Crippen LogP contribution in [0, 0.1) is 0 Å². The van der Waals surface area contributed by atoms with Gasteiger partial charge in [0.1, 0.15) is 11.0 Å². The van der Waals surface area contributed by atoms with Crippen molar-refractivity contribution < 1.29 is 4.79 Å². The highest BCUT2D eigenvalue weighted by atomic mass is 32.1. The van der Waals surface area contributed by atoms with Gasteiger partial charge in [-0.1, -0.05) is 136 Å². The molecule has 59 heavy (non-hydrogen) atoms. The molecule has 8 aromatic carbocycles. The van der Waals surface area contributed by atoms with Gasteiger partial charge in [0.2, 0.25) is 0 Å². The lowest BCUT2D eigenvalue weighted by Gasteiger charge is -2.26. The predicted octanol–water partition coefficient (Wildman–Crippen LogP) is 14.5. The number of benzene rings is 8. The first-order valence-electron chi connectivity index (χ1n) is 19.8. The van der Waals surface area contributed by atoms with E-state index in [1.807, 2.05) is 66.7 Å². The van der Waals surface area contributed by atoms with Gasteiger partial charge in [-0.3, -0.25) is 4.79 Å². The van der Waals surface area contributed by atoms with E-state index >= 15 is 0 Å². The molecule has 0 radical (unpaired) electrons. The molecule has 0 amide bonds. The molecular weight excluding hydrogens is 741 g/mol. The van der Waals surface area contributed by atoms with Crippen LogP contribution in [0.15, 0.2) is 200 Å². The summed E-state index contributed by atoms with van der Waals surface area (Å²) >= 11 is 1.24. The van der Waals surface area contributed by atoms with Gasteiger partial charge in [-0.25, -0.2) is 0 Å². The number of ketones is 1. The van der Waals surface area contributed by atoms with Crippen molar-refractivity contribution in [1.29, 1.82) is 0 Å². The maximum atomic E-state index is 13.5. The Labute approximate surface area is 349 Å². The van der Waals surface area contributed by atoms with E-state index in [1.54, 1.807) is 0 Å². The average Bonchev–Trinajstić information content (AvgIpc) is 3.78. The fourth-order valence-corrected chi connectivity index (χ4v) is 8.16. The van der Waals surface area contributed by atoms with Crippen LogP contribution in [0.5, 0.6) is 0 Å². The zero-order valence-corrected chi connectivity index (χ0v) is 34.0. The lowest BCUT2D eigenvalue weighted by molar-refractivity contribution is 0.103. The Kier molecular flexibility index (Phi) is 10.2. The number of carbonyl (C=O) groups is 1. The molecule has 286 valence electrons. The molecule has 0 saturated heterocycles. The zero-order valence-electron chi connectivity index (χ0n) is 33.2. The molecule has 0 fully saturated rings. The van der Waals surface area contributed by atoms with E-state index in [1.165, 1.54) is 17.3 Å². The number of anilines is 6. The van der Waals surface area contributed by atoms with Gasteiger partial charge in [0, 0.05) is 56.4 Å². The smallest absolute Gasteiger partial charge is 0.193 e. The number of hydrogen-bond acceptors (Lipinski definition) is 6. The number of para-hydroxylation sites is 3. The summed E-state index contributed by atoms with van der Waals surface area (Å²) in [7, 11) is 0. The maximum absolute atomic E-state index is 13.5. The van der Waals surface area contributed by atoms with E-state index in [2.05, 4.69) is 164 Å². The zero-order chi connectivity index (χ0) is 40.3. The summed E-state index contributed by atoms with van der Waals surface area (Å²) in [5, 5.41) is 0. The van der Waals surface area contributed by atoms with Gasteiger partial charge in [0.25, 0.3) is 0 Å². The average molecular weight is 783 g/mol. The van der Waals surface area contributed by atoms with E-state index < -0.39 is 0 Å². The monoisotopic (exact) mass is 782 g/mol. The molecule has 0 saturated carbocycles. The standard InChI is InChI=1S/C53H42N4OS/c1-53(2,3)41-27-19-39(20-28-41)52(58)40-25-33-47(34-26-40)57(44-17-11-6-12-18-44)46-31-23-38(24-32-46)49-36-35-48(50-51(49)55-59-54-50)37-21-29-45(30-22-37)56(42-13-7-4-8-14-42)43-15-9-5-10-16-43/h4-36H,1-3H3. The third-order valence-corrected chi connectivity index (χ3v) is 11.3. The van der Waals surface area contributed by atoms with Crippen molar-refractivity contribution >= 4 is 62.7 Å². The molecule has 5 nitrogen and oxygen atoms in total. The molecule has 0 unspecified atom stereocenters. The molecule has 0 aliphatic heterocycles. The van der Waals surface area contributed by atoms with Gasteiger partial charge in [0.15, 0.2) is 5.78 Å². The van der Waals surface area contributed by atoms with E-state index in [4.69, 9.17) is 8.75 Å². The van der Waals surface area contributed by atoms with Crippen LogP contribution in [0.3, 0.4) is 0 Å². The van der Waals surface area contributed by atoms with Gasteiger partial charge in [-0.15, -0.1) is 0 Å². The summed E-state index contributed by atoms with van der Waals surface area (Å²) in [6.45, 7) is 6.53. The van der Waals surface area contributed by atoms with E-state index in [-0.39, 0.29) is 11.2 Å². The molecule has 1 heterocycles. The topological polar surface area (TPSA) is 49.3 Å². The quantitative estimate of drug-likeness (QED) is 0.129. The van der Waals surface area contributed by atoms with Crippen molar-refractivity contribution in [3.63, 3.8) is 0 Å². The number of aromatic nitrogens is 2. The summed E-state index contributed by atoms with van der Waals surface area (Å²) in [5.41, 5.74) is 14.8. The van der Waals surface area contributed by atoms with E-state index in [0.29, 0.717) is 11.1 Å². The Balaban J connectivity index is 0.992. The highest BCUT2D eigenvalue weighted by molar-refractivity contribution is 7.00. The fraction of sp³-hybridized carbons (Fsp3) is 0.0755. The van der Waals surface area contributed by atoms with Crippen molar-refractivity contribution in [3.05, 3.63) is 217 Å². The highest BCUT2D eigenvalue weighted by Gasteiger charge is 2.19. The van der Waals surface area contributed by atoms with Crippen molar-refractivity contribution in [3.8, 4) is 22.3 Å². The summed E-state index contributed by atoms with van der Waals surface area (Å²) in [6, 6.07) is 68.6. The van der Waals surface area contributed by atoms with Crippen LogP contribution >= 0.6 is 11.7 Å². The molecule has 0 bridgehead atoms. The molecule has 9 aromatic rings. The van der Waals surface area contributed by atoms with Crippen LogP contribution in [0.25, 0.3) is 33.3 Å². The van der Waals surface area contributed by atoms with Gasteiger partial charge < -0.3 is 9.80 Å². The van der Waals surface area contributed by atoms with Crippen LogP contribution in [-0.2, 0) is 5.41 Å². The van der Waals surface area contributed by atoms with E-state index in [9.17, 15) is 4.79 Å². The molecule has 1 aromatic heterocycles. The largest absolute Gasteiger partial charge is 0.311 e. The van der Waals surface area contributed by atoms with Crippen molar-refractivity contribution in [1.82, 2.24) is 8.75 Å². The first-order valence-corrected chi connectivity index (χ1v) is 20.5. The summed E-state index contributed by atoms with van der Waals surface area (Å²) < 4.78 is 9.60. The summed E-state index contributed by atoms with van der Waals surface area (Å²) in [4.78, 5) is 18.0. The molecule has 6 heteroatoms. The summed E-state index contributed by atoms with van der Waals surface area (Å²) in [6.07, 6.45) is 0. The third-order valence-electron chi connectivity index (χ3n) is 10.7. The minimum atomic E-state index is 0.0104. The Morgan fingerprint density at radius 2 is 0.729 bits per heavy atom. The van der Waals surface area contributed by atoms with Gasteiger partial charge in [-0.2, -0.15) is 8.75 Å². The highest BCUT2D eigenvalue weighted by Crippen LogP contribution is 2.40. The number of nitrogens with zero attached hydrogens (tertiary/aromatic N) is 4. The van der Waals surface area contributed by atoms with Gasteiger partial charge >= 0.3 is 0 Å². The third kappa shape index (κ3) is 7.66. The SMILES string of the molecule is CC(C)(C)c1ccc(C(=O)c2ccc(N(c3ccccc3)c3ccc(-c4ccc(-c5ccc(N(c6ccccc6)c6ccccc6)cc5)c5nsnc45)cc3)cc2)cc1. The maximum Gasteiger partial charge on any atom is 0.193 e. The molecule has 0 atom stereocenters. The number of hydrogen-bond donors (Lipinski definition) is 0.